The van der Waals surface area contributed by atoms with Crippen LogP contribution in [0, 0.1) is 0 Å². The molecule has 0 aliphatic carbocycles. The van der Waals surface area contributed by atoms with E-state index in [1.54, 1.807) is 11.3 Å². The second-order valence-corrected chi connectivity index (χ2v) is 7.23. The fourth-order valence-electron chi connectivity index (χ4n) is 3.88. The molecule has 5 heteroatoms. The summed E-state index contributed by atoms with van der Waals surface area (Å²) in [5, 5.41) is 0. The van der Waals surface area contributed by atoms with Gasteiger partial charge in [-0.25, -0.2) is 4.98 Å². The van der Waals surface area contributed by atoms with Gasteiger partial charge < -0.3 is 10.6 Å². The molecule has 21 heavy (non-hydrogen) atoms. The Kier molecular flexibility index (Phi) is 3.27. The van der Waals surface area contributed by atoms with Crippen LogP contribution in [0.5, 0.6) is 0 Å². The minimum atomic E-state index is 0.512. The van der Waals surface area contributed by atoms with Gasteiger partial charge in [0.25, 0.3) is 0 Å². The first-order chi connectivity index (χ1) is 10.2. The first-order valence-corrected chi connectivity index (χ1v) is 8.74. The number of anilines is 2. The van der Waals surface area contributed by atoms with Gasteiger partial charge in [0.1, 0.15) is 5.52 Å². The van der Waals surface area contributed by atoms with Gasteiger partial charge in [-0.2, -0.15) is 0 Å². The van der Waals surface area contributed by atoms with E-state index in [0.717, 1.165) is 24.3 Å². The van der Waals surface area contributed by atoms with Crippen molar-refractivity contribution in [2.24, 2.45) is 0 Å². The molecule has 3 heterocycles. The second kappa shape index (κ2) is 5.14. The lowest BCUT2D eigenvalue weighted by atomic mass is 9.96. The molecule has 1 aromatic carbocycles. The van der Waals surface area contributed by atoms with E-state index in [0.29, 0.717) is 12.1 Å². The molecule has 2 aliphatic rings. The summed E-state index contributed by atoms with van der Waals surface area (Å²) >= 11 is 1.66. The van der Waals surface area contributed by atoms with E-state index < -0.39 is 0 Å². The van der Waals surface area contributed by atoms with Gasteiger partial charge in [-0.05, 0) is 38.4 Å². The summed E-state index contributed by atoms with van der Waals surface area (Å²) in [5.41, 5.74) is 11.3. The number of hydrogen-bond donors (Lipinski definition) is 1. The third kappa shape index (κ3) is 2.19. The van der Waals surface area contributed by atoms with Gasteiger partial charge in [-0.3, -0.25) is 4.90 Å². The van der Waals surface area contributed by atoms with Crippen molar-refractivity contribution < 1.29 is 0 Å². The highest BCUT2D eigenvalue weighted by Gasteiger charge is 2.33. The van der Waals surface area contributed by atoms with Crippen LogP contribution >= 0.6 is 11.3 Å². The van der Waals surface area contributed by atoms with Crippen LogP contribution in [0.3, 0.4) is 0 Å². The lowest BCUT2D eigenvalue weighted by Gasteiger charge is -2.48. The molecule has 2 N–H and O–H groups in total. The maximum absolute atomic E-state index is 6.41. The second-order valence-electron chi connectivity index (χ2n) is 6.34. The summed E-state index contributed by atoms with van der Waals surface area (Å²) in [6, 6.07) is 5.56. The number of hydrogen-bond acceptors (Lipinski definition) is 5. The van der Waals surface area contributed by atoms with Gasteiger partial charge in [-0.1, -0.05) is 6.42 Å². The first-order valence-electron chi connectivity index (χ1n) is 7.86. The molecule has 2 aliphatic heterocycles. The maximum atomic E-state index is 6.41. The zero-order valence-electron chi connectivity index (χ0n) is 12.5. The highest BCUT2D eigenvalue weighted by Crippen LogP contribution is 2.36. The van der Waals surface area contributed by atoms with Gasteiger partial charge in [0.15, 0.2) is 0 Å². The summed E-state index contributed by atoms with van der Waals surface area (Å²) in [6.07, 6.45) is 4.04. The normalized spacial score (nSPS) is 27.0. The average molecular weight is 302 g/mol. The standard InChI is InChI=1S/C16H22N4S/c1-11-8-19-7-3-2-4-12(19)9-20(11)13-5-6-14-16(15(13)17)18-10-21-14/h5-6,10-12H,2-4,7-9,17H2,1H3. The quantitative estimate of drug-likeness (QED) is 0.823. The molecule has 0 spiro atoms. The predicted octanol–water partition coefficient (Wildman–Crippen LogP) is 2.94. The molecule has 2 unspecified atom stereocenters. The molecule has 2 fully saturated rings. The number of aromatic nitrogens is 1. The number of piperazine rings is 1. The summed E-state index contributed by atoms with van der Waals surface area (Å²) in [5.74, 6) is 0. The average Bonchev–Trinajstić information content (AvgIpc) is 2.97. The van der Waals surface area contributed by atoms with E-state index in [1.165, 1.54) is 36.2 Å². The number of thiazole rings is 1. The fourth-order valence-corrected chi connectivity index (χ4v) is 4.57. The SMILES string of the molecule is CC1CN2CCCCC2CN1c1ccc2scnc2c1N. The van der Waals surface area contributed by atoms with Crippen molar-refractivity contribution in [3.63, 3.8) is 0 Å². The topological polar surface area (TPSA) is 45.4 Å². The van der Waals surface area contributed by atoms with Crippen LogP contribution < -0.4 is 10.6 Å². The number of rotatable bonds is 1. The van der Waals surface area contributed by atoms with Crippen molar-refractivity contribution in [3.8, 4) is 0 Å². The Morgan fingerprint density at radius 3 is 3.10 bits per heavy atom. The molecule has 0 saturated carbocycles. The molecule has 1 aromatic heterocycles. The van der Waals surface area contributed by atoms with Gasteiger partial charge in [-0.15, -0.1) is 11.3 Å². The molecule has 2 aromatic rings. The minimum absolute atomic E-state index is 0.512. The van der Waals surface area contributed by atoms with Crippen molar-refractivity contribution in [2.45, 2.75) is 38.3 Å². The van der Waals surface area contributed by atoms with Gasteiger partial charge >= 0.3 is 0 Å². The molecular weight excluding hydrogens is 280 g/mol. The number of fused-ring (bicyclic) bond motifs is 2. The van der Waals surface area contributed by atoms with Crippen LogP contribution in [0.15, 0.2) is 17.6 Å². The van der Waals surface area contributed by atoms with Gasteiger partial charge in [0.05, 0.1) is 21.6 Å². The van der Waals surface area contributed by atoms with Gasteiger partial charge in [0, 0.05) is 25.2 Å². The third-order valence-electron chi connectivity index (χ3n) is 5.02. The van der Waals surface area contributed by atoms with Crippen LogP contribution in [-0.2, 0) is 0 Å². The Morgan fingerprint density at radius 2 is 2.19 bits per heavy atom. The van der Waals surface area contributed by atoms with Crippen molar-refractivity contribution in [1.29, 1.82) is 0 Å². The fraction of sp³-hybridized carbons (Fsp3) is 0.562. The Labute approximate surface area is 129 Å². The van der Waals surface area contributed by atoms with Crippen molar-refractivity contribution >= 4 is 32.9 Å². The van der Waals surface area contributed by atoms with Crippen LogP contribution in [0.4, 0.5) is 11.4 Å². The lowest BCUT2D eigenvalue weighted by molar-refractivity contribution is 0.116. The molecule has 4 rings (SSSR count). The lowest BCUT2D eigenvalue weighted by Crippen LogP contribution is -2.59. The highest BCUT2D eigenvalue weighted by atomic mass is 32.1. The Bertz CT molecular complexity index is 653. The zero-order valence-corrected chi connectivity index (χ0v) is 13.3. The predicted molar refractivity (Wildman–Crippen MR) is 90.1 cm³/mol. The number of piperidine rings is 1. The van der Waals surface area contributed by atoms with E-state index in [9.17, 15) is 0 Å². The number of benzene rings is 1. The summed E-state index contributed by atoms with van der Waals surface area (Å²) in [6.45, 7) is 5.83. The van der Waals surface area contributed by atoms with E-state index in [2.05, 4.69) is 33.8 Å². The summed E-state index contributed by atoms with van der Waals surface area (Å²) in [4.78, 5) is 9.61. The molecule has 2 atom stereocenters. The highest BCUT2D eigenvalue weighted by molar-refractivity contribution is 7.16. The molecule has 4 nitrogen and oxygen atoms in total. The van der Waals surface area contributed by atoms with Crippen LogP contribution in [-0.4, -0.2) is 41.6 Å². The minimum Gasteiger partial charge on any atom is -0.395 e. The molecule has 0 amide bonds. The van der Waals surface area contributed by atoms with E-state index in [1.807, 2.05) is 5.51 Å². The largest absolute Gasteiger partial charge is 0.395 e. The number of nitrogens with zero attached hydrogens (tertiary/aromatic N) is 3. The molecular formula is C16H22N4S. The van der Waals surface area contributed by atoms with Crippen LogP contribution in [0.25, 0.3) is 10.2 Å². The Balaban J connectivity index is 1.68. The van der Waals surface area contributed by atoms with Crippen LogP contribution in [0.1, 0.15) is 26.2 Å². The van der Waals surface area contributed by atoms with Crippen molar-refractivity contribution in [1.82, 2.24) is 9.88 Å². The summed E-state index contributed by atoms with van der Waals surface area (Å²) < 4.78 is 1.18. The van der Waals surface area contributed by atoms with Crippen molar-refractivity contribution in [2.75, 3.05) is 30.3 Å². The smallest absolute Gasteiger partial charge is 0.106 e. The van der Waals surface area contributed by atoms with Crippen molar-refractivity contribution in [3.05, 3.63) is 17.6 Å². The monoisotopic (exact) mass is 302 g/mol. The van der Waals surface area contributed by atoms with Crippen LogP contribution in [0.2, 0.25) is 0 Å². The number of nitrogens with two attached hydrogens (primary N) is 1. The third-order valence-corrected chi connectivity index (χ3v) is 5.81. The molecule has 2 saturated heterocycles. The van der Waals surface area contributed by atoms with E-state index in [-0.39, 0.29) is 0 Å². The molecule has 0 radical (unpaired) electrons. The van der Waals surface area contributed by atoms with E-state index >= 15 is 0 Å². The maximum Gasteiger partial charge on any atom is 0.106 e. The zero-order chi connectivity index (χ0) is 14.4. The molecule has 0 bridgehead atoms. The Morgan fingerprint density at radius 1 is 1.29 bits per heavy atom. The molecule has 112 valence electrons. The summed E-state index contributed by atoms with van der Waals surface area (Å²) in [7, 11) is 0. The Hall–Kier alpha value is -1.33. The number of nitrogen functional groups attached to an aromatic ring is 1. The van der Waals surface area contributed by atoms with E-state index in [4.69, 9.17) is 5.73 Å². The first kappa shape index (κ1) is 13.3. The van der Waals surface area contributed by atoms with Gasteiger partial charge in [0.2, 0.25) is 0 Å².